The summed E-state index contributed by atoms with van der Waals surface area (Å²) < 4.78 is 4.64. The van der Waals surface area contributed by atoms with E-state index < -0.39 is 12.0 Å². The summed E-state index contributed by atoms with van der Waals surface area (Å²) in [6.45, 7) is 4.07. The summed E-state index contributed by atoms with van der Waals surface area (Å²) in [4.78, 5) is 36.6. The van der Waals surface area contributed by atoms with E-state index in [0.29, 0.717) is 19.6 Å². The average molecular weight is 300 g/mol. The van der Waals surface area contributed by atoms with Gasteiger partial charge in [-0.05, 0) is 26.3 Å². The van der Waals surface area contributed by atoms with Crippen LogP contribution in [-0.2, 0) is 14.3 Å². The number of likely N-dealkylation sites (tertiary alicyclic amines) is 1. The zero-order valence-corrected chi connectivity index (χ0v) is 12.4. The molecule has 0 spiro atoms. The van der Waals surface area contributed by atoms with Crippen molar-refractivity contribution in [1.29, 1.82) is 0 Å². The van der Waals surface area contributed by atoms with Crippen LogP contribution in [0.1, 0.15) is 19.8 Å². The van der Waals surface area contributed by atoms with E-state index >= 15 is 0 Å². The number of nitrogens with one attached hydrogen (secondary N) is 2. The van der Waals surface area contributed by atoms with E-state index in [2.05, 4.69) is 15.4 Å². The third kappa shape index (κ3) is 6.54. The number of nitrogens with zero attached hydrogens (tertiary/aromatic N) is 1. The van der Waals surface area contributed by atoms with Gasteiger partial charge in [0.25, 0.3) is 0 Å². The van der Waals surface area contributed by atoms with E-state index in [-0.39, 0.29) is 25.0 Å². The third-order valence-corrected chi connectivity index (χ3v) is 3.20. The number of hydrogen-bond donors (Lipinski definition) is 3. The standard InChI is InChI=1S/C13H24N4O4/c1-2-21-13(20)16-11(18)9-17-7-3-4-10(8-17)12(19)15-6-5-14/h10H,2-9,14H2,1H3,(H,15,19)(H,16,18,20). The molecular weight excluding hydrogens is 276 g/mol. The molecule has 1 aliphatic rings. The van der Waals surface area contributed by atoms with Gasteiger partial charge in [-0.1, -0.05) is 0 Å². The van der Waals surface area contributed by atoms with Gasteiger partial charge >= 0.3 is 6.09 Å². The molecule has 1 heterocycles. The number of ether oxygens (including phenoxy) is 1. The lowest BCUT2D eigenvalue weighted by molar-refractivity contribution is -0.128. The topological polar surface area (TPSA) is 114 Å². The quantitative estimate of drug-likeness (QED) is 0.582. The minimum atomic E-state index is -0.739. The fraction of sp³-hybridized carbons (Fsp3) is 0.769. The molecular formula is C13H24N4O4. The van der Waals surface area contributed by atoms with Crippen LogP contribution >= 0.6 is 0 Å². The Morgan fingerprint density at radius 3 is 2.81 bits per heavy atom. The van der Waals surface area contributed by atoms with Gasteiger partial charge in [0.2, 0.25) is 11.8 Å². The molecule has 120 valence electrons. The minimum Gasteiger partial charge on any atom is -0.450 e. The fourth-order valence-electron chi connectivity index (χ4n) is 2.28. The van der Waals surface area contributed by atoms with Crippen LogP contribution in [0.4, 0.5) is 4.79 Å². The number of piperidine rings is 1. The lowest BCUT2D eigenvalue weighted by Crippen LogP contribution is -2.47. The van der Waals surface area contributed by atoms with Crippen LogP contribution in [0.3, 0.4) is 0 Å². The highest BCUT2D eigenvalue weighted by molar-refractivity contribution is 5.92. The molecule has 0 radical (unpaired) electrons. The number of nitrogens with two attached hydrogens (primary N) is 1. The maximum Gasteiger partial charge on any atom is 0.413 e. The maximum atomic E-state index is 11.9. The molecule has 1 saturated heterocycles. The normalized spacial score (nSPS) is 18.9. The van der Waals surface area contributed by atoms with Gasteiger partial charge in [0.1, 0.15) is 0 Å². The first-order valence-corrected chi connectivity index (χ1v) is 7.23. The Hall–Kier alpha value is -1.67. The Kier molecular flexibility index (Phi) is 7.70. The third-order valence-electron chi connectivity index (χ3n) is 3.20. The van der Waals surface area contributed by atoms with Crippen molar-refractivity contribution in [2.24, 2.45) is 11.7 Å². The van der Waals surface area contributed by atoms with Crippen LogP contribution < -0.4 is 16.4 Å². The first-order chi connectivity index (χ1) is 10.1. The van der Waals surface area contributed by atoms with Crippen molar-refractivity contribution < 1.29 is 19.1 Å². The highest BCUT2D eigenvalue weighted by Crippen LogP contribution is 2.16. The second-order valence-corrected chi connectivity index (χ2v) is 4.92. The van der Waals surface area contributed by atoms with Crippen LogP contribution in [0, 0.1) is 5.92 Å². The molecule has 0 bridgehead atoms. The Morgan fingerprint density at radius 1 is 1.38 bits per heavy atom. The average Bonchev–Trinajstić information content (AvgIpc) is 2.45. The molecule has 1 unspecified atom stereocenters. The molecule has 4 N–H and O–H groups in total. The molecule has 0 aromatic heterocycles. The highest BCUT2D eigenvalue weighted by Gasteiger charge is 2.26. The van der Waals surface area contributed by atoms with Crippen LogP contribution in [0.25, 0.3) is 0 Å². The molecule has 0 aromatic rings. The molecule has 8 nitrogen and oxygen atoms in total. The molecule has 21 heavy (non-hydrogen) atoms. The van der Waals surface area contributed by atoms with Crippen molar-refractivity contribution in [3.05, 3.63) is 0 Å². The summed E-state index contributed by atoms with van der Waals surface area (Å²) in [6.07, 6.45) is 0.900. The number of carbonyl (C=O) groups excluding carboxylic acids is 3. The number of alkyl carbamates (subject to hydrolysis) is 1. The maximum absolute atomic E-state index is 11.9. The van der Waals surface area contributed by atoms with Crippen molar-refractivity contribution in [2.45, 2.75) is 19.8 Å². The van der Waals surface area contributed by atoms with E-state index in [1.54, 1.807) is 6.92 Å². The number of hydrogen-bond acceptors (Lipinski definition) is 6. The van der Waals surface area contributed by atoms with Crippen LogP contribution in [0.2, 0.25) is 0 Å². The van der Waals surface area contributed by atoms with Crippen LogP contribution in [-0.4, -0.2) is 62.1 Å². The predicted octanol–water partition coefficient (Wildman–Crippen LogP) is -0.954. The monoisotopic (exact) mass is 300 g/mol. The van der Waals surface area contributed by atoms with Gasteiger partial charge in [-0.15, -0.1) is 0 Å². The smallest absolute Gasteiger partial charge is 0.413 e. The second kappa shape index (κ2) is 9.30. The van der Waals surface area contributed by atoms with Crippen molar-refractivity contribution >= 4 is 17.9 Å². The van der Waals surface area contributed by atoms with E-state index in [9.17, 15) is 14.4 Å². The SMILES string of the molecule is CCOC(=O)NC(=O)CN1CCCC(C(=O)NCCN)C1. The molecule has 1 aliphatic heterocycles. The van der Waals surface area contributed by atoms with Crippen molar-refractivity contribution in [3.8, 4) is 0 Å². The zero-order chi connectivity index (χ0) is 15.7. The molecule has 0 aromatic carbocycles. The van der Waals surface area contributed by atoms with Gasteiger partial charge in [0.15, 0.2) is 0 Å². The highest BCUT2D eigenvalue weighted by atomic mass is 16.5. The first-order valence-electron chi connectivity index (χ1n) is 7.23. The summed E-state index contributed by atoms with van der Waals surface area (Å²) in [7, 11) is 0. The molecule has 1 atom stereocenters. The Bertz CT molecular complexity index is 375. The lowest BCUT2D eigenvalue weighted by atomic mass is 9.97. The predicted molar refractivity (Wildman–Crippen MR) is 76.4 cm³/mol. The lowest BCUT2D eigenvalue weighted by Gasteiger charge is -2.31. The first kappa shape index (κ1) is 17.4. The number of imide groups is 1. The van der Waals surface area contributed by atoms with Crippen molar-refractivity contribution in [2.75, 3.05) is 39.3 Å². The van der Waals surface area contributed by atoms with Crippen LogP contribution in [0.5, 0.6) is 0 Å². The second-order valence-electron chi connectivity index (χ2n) is 4.92. The van der Waals surface area contributed by atoms with E-state index in [4.69, 9.17) is 5.73 Å². The number of carbonyl (C=O) groups is 3. The summed E-state index contributed by atoms with van der Waals surface area (Å²) in [5, 5.41) is 4.91. The van der Waals surface area contributed by atoms with Gasteiger partial charge in [0, 0.05) is 19.6 Å². The number of amides is 3. The molecule has 3 amide bonds. The number of rotatable bonds is 6. The van der Waals surface area contributed by atoms with Crippen molar-refractivity contribution in [1.82, 2.24) is 15.5 Å². The van der Waals surface area contributed by atoms with Gasteiger partial charge < -0.3 is 15.8 Å². The Labute approximate surface area is 124 Å². The molecule has 8 heteroatoms. The summed E-state index contributed by atoms with van der Waals surface area (Å²) in [6, 6.07) is 0. The summed E-state index contributed by atoms with van der Waals surface area (Å²) in [5.41, 5.74) is 5.35. The van der Waals surface area contributed by atoms with E-state index in [1.807, 2.05) is 4.90 Å². The van der Waals surface area contributed by atoms with Crippen LogP contribution in [0.15, 0.2) is 0 Å². The fourth-order valence-corrected chi connectivity index (χ4v) is 2.28. The summed E-state index contributed by atoms with van der Waals surface area (Å²) >= 11 is 0. The van der Waals surface area contributed by atoms with E-state index in [1.165, 1.54) is 0 Å². The van der Waals surface area contributed by atoms with Gasteiger partial charge in [0.05, 0.1) is 19.1 Å². The largest absolute Gasteiger partial charge is 0.450 e. The molecule has 0 saturated carbocycles. The Balaban J connectivity index is 2.36. The van der Waals surface area contributed by atoms with Gasteiger partial charge in [-0.3, -0.25) is 19.8 Å². The minimum absolute atomic E-state index is 0.0315. The zero-order valence-electron chi connectivity index (χ0n) is 12.4. The van der Waals surface area contributed by atoms with Gasteiger partial charge in [-0.2, -0.15) is 0 Å². The van der Waals surface area contributed by atoms with E-state index in [0.717, 1.165) is 19.4 Å². The van der Waals surface area contributed by atoms with Gasteiger partial charge in [-0.25, -0.2) is 4.79 Å². The Morgan fingerprint density at radius 2 is 2.14 bits per heavy atom. The van der Waals surface area contributed by atoms with Crippen molar-refractivity contribution in [3.63, 3.8) is 0 Å². The molecule has 1 fully saturated rings. The summed E-state index contributed by atoms with van der Waals surface area (Å²) in [5.74, 6) is -0.590. The molecule has 1 rings (SSSR count). The molecule has 0 aliphatic carbocycles.